The van der Waals surface area contributed by atoms with E-state index in [0.29, 0.717) is 18.4 Å². The molecule has 0 aliphatic carbocycles. The topological polar surface area (TPSA) is 72.8 Å². The van der Waals surface area contributed by atoms with Crippen molar-refractivity contribution in [2.24, 2.45) is 0 Å². The van der Waals surface area contributed by atoms with Gasteiger partial charge in [-0.2, -0.15) is 0 Å². The van der Waals surface area contributed by atoms with Gasteiger partial charge in [-0.1, -0.05) is 36.4 Å². The van der Waals surface area contributed by atoms with Crippen molar-refractivity contribution in [3.63, 3.8) is 0 Å². The molecule has 2 aromatic carbocycles. The number of carbonyl (C=O) groups is 1. The highest BCUT2D eigenvalue weighted by Crippen LogP contribution is 2.23. The molecule has 1 fully saturated rings. The first kappa shape index (κ1) is 19.5. The third kappa shape index (κ3) is 4.95. The van der Waals surface area contributed by atoms with Gasteiger partial charge in [0.25, 0.3) is 5.91 Å². The van der Waals surface area contributed by atoms with Gasteiger partial charge < -0.3 is 20.4 Å². The van der Waals surface area contributed by atoms with Crippen LogP contribution in [0.25, 0.3) is 11.1 Å². The van der Waals surface area contributed by atoms with Crippen molar-refractivity contribution >= 4 is 5.91 Å². The Labute approximate surface area is 160 Å². The number of piperidine rings is 1. The fourth-order valence-corrected chi connectivity index (χ4v) is 3.33. The molecular weight excluding hydrogens is 340 g/mol. The predicted octanol–water partition coefficient (Wildman–Crippen LogP) is 2.59. The van der Waals surface area contributed by atoms with Crippen molar-refractivity contribution < 1.29 is 15.0 Å². The molecule has 0 spiro atoms. The van der Waals surface area contributed by atoms with E-state index in [-0.39, 0.29) is 12.5 Å². The Morgan fingerprint density at radius 2 is 1.59 bits per heavy atom. The zero-order valence-electron chi connectivity index (χ0n) is 16.0. The van der Waals surface area contributed by atoms with Crippen LogP contribution < -0.4 is 5.32 Å². The van der Waals surface area contributed by atoms with Gasteiger partial charge in [-0.25, -0.2) is 0 Å². The van der Waals surface area contributed by atoms with E-state index < -0.39 is 11.7 Å². The van der Waals surface area contributed by atoms with Crippen LogP contribution in [0.15, 0.2) is 48.5 Å². The van der Waals surface area contributed by atoms with Gasteiger partial charge in [-0.3, -0.25) is 4.79 Å². The van der Waals surface area contributed by atoms with Crippen LogP contribution in [-0.4, -0.2) is 53.3 Å². The van der Waals surface area contributed by atoms with E-state index in [0.717, 1.165) is 29.8 Å². The second kappa shape index (κ2) is 8.21. The number of nitrogens with zero attached hydrogens (tertiary/aromatic N) is 1. The van der Waals surface area contributed by atoms with E-state index in [9.17, 15) is 15.0 Å². The molecule has 0 radical (unpaired) electrons. The van der Waals surface area contributed by atoms with Gasteiger partial charge in [0.2, 0.25) is 0 Å². The highest BCUT2D eigenvalue weighted by Gasteiger charge is 2.31. The Hall–Kier alpha value is -2.21. The maximum Gasteiger partial charge on any atom is 0.251 e. The van der Waals surface area contributed by atoms with Crippen molar-refractivity contribution in [3.05, 3.63) is 59.7 Å². The molecule has 5 nitrogen and oxygen atoms in total. The van der Waals surface area contributed by atoms with Crippen molar-refractivity contribution in [2.45, 2.75) is 31.5 Å². The van der Waals surface area contributed by atoms with Gasteiger partial charge in [0.15, 0.2) is 0 Å². The van der Waals surface area contributed by atoms with E-state index in [1.165, 1.54) is 0 Å². The van der Waals surface area contributed by atoms with E-state index >= 15 is 0 Å². The van der Waals surface area contributed by atoms with E-state index in [1.807, 2.05) is 43.4 Å². The van der Waals surface area contributed by atoms with Crippen molar-refractivity contribution in [2.75, 3.05) is 26.7 Å². The van der Waals surface area contributed by atoms with Gasteiger partial charge in [0.1, 0.15) is 0 Å². The second-order valence-electron chi connectivity index (χ2n) is 7.59. The molecule has 1 aliphatic rings. The number of rotatable bonds is 5. The zero-order chi connectivity index (χ0) is 19.4. The molecule has 0 bridgehead atoms. The number of aliphatic hydroxyl groups is 2. The van der Waals surface area contributed by atoms with Crippen molar-refractivity contribution in [1.29, 1.82) is 0 Å². The Balaban J connectivity index is 1.60. The maximum absolute atomic E-state index is 12.4. The van der Waals surface area contributed by atoms with Crippen LogP contribution in [-0.2, 0) is 0 Å². The monoisotopic (exact) mass is 368 g/mol. The van der Waals surface area contributed by atoms with E-state index in [1.54, 1.807) is 19.1 Å². The molecule has 1 aliphatic heterocycles. The average molecular weight is 368 g/mol. The number of benzene rings is 2. The Morgan fingerprint density at radius 3 is 2.11 bits per heavy atom. The summed E-state index contributed by atoms with van der Waals surface area (Å²) in [7, 11) is 2.04. The summed E-state index contributed by atoms with van der Waals surface area (Å²) >= 11 is 0. The lowest BCUT2D eigenvalue weighted by Gasteiger charge is -2.36. The molecule has 3 N–H and O–H groups in total. The standard InChI is InChI=1S/C22H28N2O3/c1-16(25)17-3-5-18(6-4-17)19-7-9-20(10-8-19)21(26)23-15-22(27)11-13-24(2)14-12-22/h3-10,16,25,27H,11-15H2,1-2H3,(H,23,26)/t16-/m1/s1. The Morgan fingerprint density at radius 1 is 1.07 bits per heavy atom. The fourth-order valence-electron chi connectivity index (χ4n) is 3.33. The molecule has 2 aromatic rings. The maximum atomic E-state index is 12.4. The summed E-state index contributed by atoms with van der Waals surface area (Å²) in [4.78, 5) is 14.6. The number of carbonyl (C=O) groups excluding carboxylic acids is 1. The first-order chi connectivity index (χ1) is 12.9. The number of nitrogens with one attached hydrogen (secondary N) is 1. The normalized spacial score (nSPS) is 18.1. The minimum Gasteiger partial charge on any atom is -0.389 e. The summed E-state index contributed by atoms with van der Waals surface area (Å²) in [6.07, 6.45) is 0.862. The highest BCUT2D eigenvalue weighted by molar-refractivity contribution is 5.94. The highest BCUT2D eigenvalue weighted by atomic mass is 16.3. The SMILES string of the molecule is C[C@@H](O)c1ccc(-c2ccc(C(=O)NCC3(O)CCN(C)CC3)cc2)cc1. The summed E-state index contributed by atoms with van der Waals surface area (Å²) in [5.74, 6) is -0.168. The third-order valence-corrected chi connectivity index (χ3v) is 5.37. The van der Waals surface area contributed by atoms with Crippen LogP contribution in [0.3, 0.4) is 0 Å². The van der Waals surface area contributed by atoms with Gasteiger partial charge in [0, 0.05) is 25.2 Å². The first-order valence-electron chi connectivity index (χ1n) is 9.44. The number of likely N-dealkylation sites (tertiary alicyclic amines) is 1. The number of amides is 1. The molecule has 5 heteroatoms. The van der Waals surface area contributed by atoms with Crippen LogP contribution in [0, 0.1) is 0 Å². The van der Waals surface area contributed by atoms with Gasteiger partial charge in [0.05, 0.1) is 11.7 Å². The van der Waals surface area contributed by atoms with Crippen LogP contribution >= 0.6 is 0 Å². The Kier molecular flexibility index (Phi) is 5.95. The smallest absolute Gasteiger partial charge is 0.251 e. The largest absolute Gasteiger partial charge is 0.389 e. The average Bonchev–Trinajstić information content (AvgIpc) is 2.69. The lowest BCUT2D eigenvalue weighted by atomic mass is 9.91. The summed E-state index contributed by atoms with van der Waals surface area (Å²) in [6, 6.07) is 15.2. The lowest BCUT2D eigenvalue weighted by Crippen LogP contribution is -2.50. The van der Waals surface area contributed by atoms with E-state index in [2.05, 4.69) is 10.2 Å². The number of hydrogen-bond acceptors (Lipinski definition) is 4. The minimum atomic E-state index is -0.812. The molecule has 1 atom stereocenters. The zero-order valence-corrected chi connectivity index (χ0v) is 16.0. The van der Waals surface area contributed by atoms with Crippen LogP contribution in [0.5, 0.6) is 0 Å². The van der Waals surface area contributed by atoms with Gasteiger partial charge >= 0.3 is 0 Å². The molecule has 1 amide bonds. The quantitative estimate of drug-likeness (QED) is 0.759. The number of hydrogen-bond donors (Lipinski definition) is 3. The van der Waals surface area contributed by atoms with E-state index in [4.69, 9.17) is 0 Å². The summed E-state index contributed by atoms with van der Waals surface area (Å²) in [5.41, 5.74) is 2.69. The van der Waals surface area contributed by atoms with Crippen LogP contribution in [0.4, 0.5) is 0 Å². The van der Waals surface area contributed by atoms with Crippen molar-refractivity contribution in [1.82, 2.24) is 10.2 Å². The molecule has 0 aromatic heterocycles. The fraction of sp³-hybridized carbons (Fsp3) is 0.409. The summed E-state index contributed by atoms with van der Waals surface area (Å²) < 4.78 is 0. The molecule has 3 rings (SSSR count). The predicted molar refractivity (Wildman–Crippen MR) is 107 cm³/mol. The summed E-state index contributed by atoms with van der Waals surface area (Å²) in [5, 5.41) is 23.0. The lowest BCUT2D eigenvalue weighted by molar-refractivity contribution is -0.0135. The molecule has 27 heavy (non-hydrogen) atoms. The summed E-state index contributed by atoms with van der Waals surface area (Å²) in [6.45, 7) is 3.70. The molecule has 1 heterocycles. The third-order valence-electron chi connectivity index (χ3n) is 5.37. The Bertz CT molecular complexity index is 761. The second-order valence-corrected chi connectivity index (χ2v) is 7.59. The first-order valence-corrected chi connectivity index (χ1v) is 9.44. The molecular formula is C22H28N2O3. The van der Waals surface area contributed by atoms with Gasteiger partial charge in [-0.15, -0.1) is 0 Å². The van der Waals surface area contributed by atoms with Gasteiger partial charge in [-0.05, 0) is 55.6 Å². The molecule has 1 saturated heterocycles. The molecule has 0 unspecified atom stereocenters. The number of aliphatic hydroxyl groups excluding tert-OH is 1. The van der Waals surface area contributed by atoms with Crippen LogP contribution in [0.2, 0.25) is 0 Å². The van der Waals surface area contributed by atoms with Crippen molar-refractivity contribution in [3.8, 4) is 11.1 Å². The molecule has 144 valence electrons. The molecule has 0 saturated carbocycles. The van der Waals surface area contributed by atoms with Crippen LogP contribution in [0.1, 0.15) is 41.8 Å². The minimum absolute atomic E-state index is 0.168.